The lowest BCUT2D eigenvalue weighted by molar-refractivity contribution is 0.0694. The number of hydrogen-bond acceptors (Lipinski definition) is 7. The maximum absolute atomic E-state index is 14.5. The first kappa shape index (κ1) is 24.4. The van der Waals surface area contributed by atoms with E-state index >= 15 is 0 Å². The van der Waals surface area contributed by atoms with Crippen LogP contribution in [0.2, 0.25) is 0 Å². The number of nitrogens with one attached hydrogen (secondary N) is 1. The average Bonchev–Trinajstić information content (AvgIpc) is 3.34. The molecule has 0 atom stereocenters. The van der Waals surface area contributed by atoms with Crippen LogP contribution in [0, 0.1) is 11.7 Å². The summed E-state index contributed by atoms with van der Waals surface area (Å²) < 4.78 is 30.9. The third-order valence-corrected chi connectivity index (χ3v) is 6.60. The summed E-state index contributed by atoms with van der Waals surface area (Å²) in [4.78, 5) is 19.0. The number of benzene rings is 1. The molecule has 2 aromatic rings. The van der Waals surface area contributed by atoms with Crippen molar-refractivity contribution in [2.45, 2.75) is 64.3 Å². The minimum atomic E-state index is -0.559. The van der Waals surface area contributed by atoms with Crippen molar-refractivity contribution in [3.8, 4) is 5.75 Å². The summed E-state index contributed by atoms with van der Waals surface area (Å²) in [6.07, 6.45) is 5.61. The molecule has 1 N–H and O–H groups in total. The number of anilines is 1. The van der Waals surface area contributed by atoms with Gasteiger partial charge in [0, 0.05) is 44.3 Å². The Morgan fingerprint density at radius 3 is 2.68 bits per heavy atom. The standard InChI is InChI=1S/C25H35FN4O4/c1-17(2)23-28-25(34-29-23)30-11-7-18(8-12-30)4-3-13-33-20-5-6-21(22(26)16-20)24(31)27-19-9-14-32-15-10-19/h5-6,16-19H,3-4,7-15H2,1-2H3,(H,27,31). The summed E-state index contributed by atoms with van der Waals surface area (Å²) in [6.45, 7) is 7.69. The van der Waals surface area contributed by atoms with Gasteiger partial charge >= 0.3 is 6.01 Å². The molecule has 0 aliphatic carbocycles. The molecule has 2 aliphatic heterocycles. The van der Waals surface area contributed by atoms with Crippen LogP contribution in [0.4, 0.5) is 10.4 Å². The van der Waals surface area contributed by atoms with E-state index in [0.717, 1.165) is 57.4 Å². The van der Waals surface area contributed by atoms with Gasteiger partial charge in [0.05, 0.1) is 12.2 Å². The number of carbonyl (C=O) groups is 1. The molecule has 2 fully saturated rings. The molecule has 0 saturated carbocycles. The molecule has 1 amide bonds. The van der Waals surface area contributed by atoms with Crippen LogP contribution in [-0.2, 0) is 4.74 Å². The number of hydrogen-bond donors (Lipinski definition) is 1. The molecule has 0 radical (unpaired) electrons. The van der Waals surface area contributed by atoms with Gasteiger partial charge in [-0.3, -0.25) is 4.79 Å². The van der Waals surface area contributed by atoms with E-state index in [-0.39, 0.29) is 23.4 Å². The molecule has 2 aliphatic rings. The van der Waals surface area contributed by atoms with E-state index < -0.39 is 5.82 Å². The summed E-state index contributed by atoms with van der Waals surface area (Å²) in [5, 5.41) is 6.94. The van der Waals surface area contributed by atoms with Crippen molar-refractivity contribution in [3.63, 3.8) is 0 Å². The van der Waals surface area contributed by atoms with Crippen molar-refractivity contribution in [1.29, 1.82) is 0 Å². The van der Waals surface area contributed by atoms with Crippen LogP contribution in [0.5, 0.6) is 5.75 Å². The van der Waals surface area contributed by atoms with Crippen molar-refractivity contribution in [2.75, 3.05) is 37.8 Å². The van der Waals surface area contributed by atoms with Gasteiger partial charge in [0.2, 0.25) is 0 Å². The van der Waals surface area contributed by atoms with Crippen molar-refractivity contribution in [2.24, 2.45) is 5.92 Å². The van der Waals surface area contributed by atoms with E-state index in [9.17, 15) is 9.18 Å². The third kappa shape index (κ3) is 6.46. The van der Waals surface area contributed by atoms with E-state index in [1.807, 2.05) is 0 Å². The van der Waals surface area contributed by atoms with Gasteiger partial charge in [-0.05, 0) is 56.6 Å². The largest absolute Gasteiger partial charge is 0.493 e. The first-order valence-electron chi connectivity index (χ1n) is 12.4. The summed E-state index contributed by atoms with van der Waals surface area (Å²) in [5.41, 5.74) is 0.0485. The summed E-state index contributed by atoms with van der Waals surface area (Å²) in [7, 11) is 0. The molecule has 3 heterocycles. The van der Waals surface area contributed by atoms with Crippen LogP contribution in [0.15, 0.2) is 22.7 Å². The second kappa shape index (κ2) is 11.6. The maximum atomic E-state index is 14.5. The van der Waals surface area contributed by atoms with Gasteiger partial charge in [-0.15, -0.1) is 0 Å². The van der Waals surface area contributed by atoms with E-state index in [1.165, 1.54) is 12.1 Å². The molecular formula is C25H35FN4O4. The van der Waals surface area contributed by atoms with Crippen LogP contribution in [0.25, 0.3) is 0 Å². The fourth-order valence-corrected chi connectivity index (χ4v) is 4.44. The van der Waals surface area contributed by atoms with Crippen LogP contribution in [0.3, 0.4) is 0 Å². The molecule has 8 nitrogen and oxygen atoms in total. The summed E-state index contributed by atoms with van der Waals surface area (Å²) >= 11 is 0. The molecule has 1 aromatic heterocycles. The first-order valence-corrected chi connectivity index (χ1v) is 12.4. The molecule has 4 rings (SSSR count). The number of nitrogens with zero attached hydrogens (tertiary/aromatic N) is 3. The number of carbonyl (C=O) groups excluding carboxylic acids is 1. The Bertz CT molecular complexity index is 937. The fraction of sp³-hybridized carbons (Fsp3) is 0.640. The Hall–Kier alpha value is -2.68. The van der Waals surface area contributed by atoms with E-state index in [0.29, 0.717) is 37.5 Å². The Morgan fingerprint density at radius 1 is 1.24 bits per heavy atom. The van der Waals surface area contributed by atoms with Gasteiger partial charge < -0.3 is 24.2 Å². The predicted octanol–water partition coefficient (Wildman–Crippen LogP) is 4.32. The number of ether oxygens (including phenoxy) is 2. The molecule has 0 unspecified atom stereocenters. The Balaban J connectivity index is 1.15. The zero-order valence-electron chi connectivity index (χ0n) is 20.1. The number of amides is 1. The normalized spacial score (nSPS) is 17.8. The smallest absolute Gasteiger partial charge is 0.324 e. The van der Waals surface area contributed by atoms with Crippen LogP contribution < -0.4 is 15.0 Å². The number of aromatic nitrogens is 2. The van der Waals surface area contributed by atoms with Gasteiger partial charge in [-0.25, -0.2) is 4.39 Å². The van der Waals surface area contributed by atoms with E-state index in [1.54, 1.807) is 6.07 Å². The first-order chi connectivity index (χ1) is 16.5. The molecule has 0 bridgehead atoms. The zero-order valence-corrected chi connectivity index (χ0v) is 20.1. The minimum Gasteiger partial charge on any atom is -0.493 e. The molecular weight excluding hydrogens is 439 g/mol. The second-order valence-corrected chi connectivity index (χ2v) is 9.51. The lowest BCUT2D eigenvalue weighted by Gasteiger charge is -2.30. The molecule has 2 saturated heterocycles. The number of piperidine rings is 1. The highest BCUT2D eigenvalue weighted by molar-refractivity contribution is 5.94. The van der Waals surface area contributed by atoms with Crippen molar-refractivity contribution < 1.29 is 23.2 Å². The predicted molar refractivity (Wildman–Crippen MR) is 126 cm³/mol. The maximum Gasteiger partial charge on any atom is 0.324 e. The van der Waals surface area contributed by atoms with Gasteiger partial charge in [-0.1, -0.05) is 19.0 Å². The van der Waals surface area contributed by atoms with E-state index in [2.05, 4.69) is 34.2 Å². The summed E-state index contributed by atoms with van der Waals surface area (Å²) in [5.74, 6) is 1.14. The van der Waals surface area contributed by atoms with Gasteiger partial charge in [0.25, 0.3) is 5.91 Å². The topological polar surface area (TPSA) is 89.7 Å². The highest BCUT2D eigenvalue weighted by Gasteiger charge is 2.23. The third-order valence-electron chi connectivity index (χ3n) is 6.60. The van der Waals surface area contributed by atoms with Crippen LogP contribution in [-0.4, -0.2) is 55.0 Å². The molecule has 1 aromatic carbocycles. The molecule has 0 spiro atoms. The van der Waals surface area contributed by atoms with E-state index in [4.69, 9.17) is 14.0 Å². The number of rotatable bonds is 9. The summed E-state index contributed by atoms with van der Waals surface area (Å²) in [6, 6.07) is 5.12. The lowest BCUT2D eigenvalue weighted by atomic mass is 9.92. The Labute approximate surface area is 200 Å². The quantitative estimate of drug-likeness (QED) is 0.542. The van der Waals surface area contributed by atoms with Crippen LogP contribution in [0.1, 0.15) is 74.5 Å². The van der Waals surface area contributed by atoms with Gasteiger partial charge in [0.1, 0.15) is 11.6 Å². The molecule has 34 heavy (non-hydrogen) atoms. The highest BCUT2D eigenvalue weighted by atomic mass is 19.1. The number of halogens is 1. The highest BCUT2D eigenvalue weighted by Crippen LogP contribution is 2.26. The lowest BCUT2D eigenvalue weighted by Crippen LogP contribution is -2.39. The van der Waals surface area contributed by atoms with Gasteiger partial charge in [0.15, 0.2) is 5.82 Å². The minimum absolute atomic E-state index is 0.0352. The molecule has 9 heteroatoms. The monoisotopic (exact) mass is 474 g/mol. The SMILES string of the molecule is CC(C)c1noc(N2CCC(CCCOc3ccc(C(=O)NC4CCOCC4)c(F)c3)CC2)n1. The van der Waals surface area contributed by atoms with Crippen molar-refractivity contribution >= 4 is 11.9 Å². The fourth-order valence-electron chi connectivity index (χ4n) is 4.44. The second-order valence-electron chi connectivity index (χ2n) is 9.51. The van der Waals surface area contributed by atoms with Crippen molar-refractivity contribution in [3.05, 3.63) is 35.4 Å². The average molecular weight is 475 g/mol. The Kier molecular flexibility index (Phi) is 8.37. The zero-order chi connectivity index (χ0) is 23.9. The molecule has 186 valence electrons. The van der Waals surface area contributed by atoms with Gasteiger partial charge in [-0.2, -0.15) is 4.98 Å². The van der Waals surface area contributed by atoms with Crippen molar-refractivity contribution in [1.82, 2.24) is 15.5 Å². The Morgan fingerprint density at radius 2 is 2.00 bits per heavy atom. The van der Waals surface area contributed by atoms with Crippen LogP contribution >= 0.6 is 0 Å².